The third-order valence-corrected chi connectivity index (χ3v) is 3.04. The number of allylic oxidation sites excluding steroid dienone is 1. The van der Waals surface area contributed by atoms with Crippen molar-refractivity contribution in [3.05, 3.63) is 11.1 Å². The molecular formula is C13H18O2. The van der Waals surface area contributed by atoms with Gasteiger partial charge in [-0.25, -0.2) is 0 Å². The average Bonchev–Trinajstić information content (AvgIpc) is 2.10. The third-order valence-electron chi connectivity index (χ3n) is 3.04. The maximum atomic E-state index is 10.9. The Balaban J connectivity index is 3.01. The van der Waals surface area contributed by atoms with Gasteiger partial charge in [0.25, 0.3) is 0 Å². The molecule has 2 heteroatoms. The summed E-state index contributed by atoms with van der Waals surface area (Å²) in [6.45, 7) is 7.66. The zero-order chi connectivity index (χ0) is 11.6. The Morgan fingerprint density at radius 1 is 1.60 bits per heavy atom. The van der Waals surface area contributed by atoms with Crippen molar-refractivity contribution in [1.29, 1.82) is 0 Å². The first-order chi connectivity index (χ1) is 6.88. The Morgan fingerprint density at radius 2 is 2.20 bits per heavy atom. The molecule has 0 amide bonds. The fraction of sp³-hybridized carbons (Fsp3) is 0.615. The van der Waals surface area contributed by atoms with E-state index in [1.807, 2.05) is 6.92 Å². The van der Waals surface area contributed by atoms with Gasteiger partial charge in [0.1, 0.15) is 6.10 Å². The maximum absolute atomic E-state index is 10.9. The van der Waals surface area contributed by atoms with Gasteiger partial charge in [-0.15, -0.1) is 6.42 Å². The van der Waals surface area contributed by atoms with Gasteiger partial charge in [0, 0.05) is 12.5 Å². The lowest BCUT2D eigenvalue weighted by molar-refractivity contribution is -0.145. The highest BCUT2D eigenvalue weighted by molar-refractivity contribution is 5.66. The maximum Gasteiger partial charge on any atom is 0.303 e. The van der Waals surface area contributed by atoms with E-state index in [-0.39, 0.29) is 17.5 Å². The van der Waals surface area contributed by atoms with Gasteiger partial charge in [0.2, 0.25) is 0 Å². The Bertz CT molecular complexity index is 342. The second-order valence-electron chi connectivity index (χ2n) is 4.72. The molecule has 1 rings (SSSR count). The van der Waals surface area contributed by atoms with Crippen molar-refractivity contribution in [2.75, 3.05) is 0 Å². The summed E-state index contributed by atoms with van der Waals surface area (Å²) in [5.74, 6) is 2.50. The summed E-state index contributed by atoms with van der Waals surface area (Å²) < 4.78 is 5.24. The summed E-state index contributed by atoms with van der Waals surface area (Å²) in [5, 5.41) is 0. The fourth-order valence-electron chi connectivity index (χ4n) is 2.19. The van der Waals surface area contributed by atoms with E-state index in [9.17, 15) is 4.79 Å². The molecule has 0 saturated carbocycles. The lowest BCUT2D eigenvalue weighted by Gasteiger charge is -2.35. The molecule has 0 aromatic rings. The number of hydrogen-bond donors (Lipinski definition) is 0. The van der Waals surface area contributed by atoms with Crippen LogP contribution in [0.25, 0.3) is 0 Å². The lowest BCUT2D eigenvalue weighted by Crippen LogP contribution is -2.30. The predicted octanol–water partition coefficient (Wildman–Crippen LogP) is 2.69. The Labute approximate surface area is 91.7 Å². The molecule has 15 heavy (non-hydrogen) atoms. The van der Waals surface area contributed by atoms with Gasteiger partial charge >= 0.3 is 5.97 Å². The molecule has 0 aliphatic heterocycles. The molecule has 82 valence electrons. The first-order valence-corrected chi connectivity index (χ1v) is 5.23. The molecular weight excluding hydrogens is 188 g/mol. The summed E-state index contributed by atoms with van der Waals surface area (Å²) in [6, 6.07) is 0. The quantitative estimate of drug-likeness (QED) is 0.487. The topological polar surface area (TPSA) is 26.3 Å². The molecule has 0 aromatic carbocycles. The van der Waals surface area contributed by atoms with Crippen LogP contribution in [0.15, 0.2) is 11.1 Å². The van der Waals surface area contributed by atoms with Gasteiger partial charge in [-0.1, -0.05) is 19.8 Å². The van der Waals surface area contributed by atoms with Crippen LogP contribution < -0.4 is 0 Å². The SMILES string of the molecule is C#CC1=C(C)[C@@H](OC(C)=O)CCC1(C)C. The standard InChI is InChI=1S/C13H18O2/c1-6-11-9(2)12(15-10(3)14)7-8-13(11,4)5/h1,12H,7-8H2,2-5H3/t12-/m0/s1. The van der Waals surface area contributed by atoms with Gasteiger partial charge in [-0.05, 0) is 30.8 Å². The number of terminal acetylenes is 1. The zero-order valence-corrected chi connectivity index (χ0v) is 9.89. The van der Waals surface area contributed by atoms with Crippen molar-refractivity contribution in [3.8, 4) is 12.3 Å². The van der Waals surface area contributed by atoms with Crippen LogP contribution in [-0.2, 0) is 9.53 Å². The highest BCUT2D eigenvalue weighted by Crippen LogP contribution is 2.40. The van der Waals surface area contributed by atoms with Crippen LogP contribution in [0.4, 0.5) is 0 Å². The van der Waals surface area contributed by atoms with Crippen LogP contribution in [0.3, 0.4) is 0 Å². The molecule has 1 atom stereocenters. The predicted molar refractivity (Wildman–Crippen MR) is 60.1 cm³/mol. The summed E-state index contributed by atoms with van der Waals surface area (Å²) in [7, 11) is 0. The number of rotatable bonds is 1. The van der Waals surface area contributed by atoms with E-state index in [2.05, 4.69) is 19.8 Å². The van der Waals surface area contributed by atoms with E-state index in [0.717, 1.165) is 24.0 Å². The van der Waals surface area contributed by atoms with E-state index < -0.39 is 0 Å². The summed E-state index contributed by atoms with van der Waals surface area (Å²) in [4.78, 5) is 10.9. The third kappa shape index (κ3) is 2.41. The van der Waals surface area contributed by atoms with Crippen molar-refractivity contribution >= 4 is 5.97 Å². The largest absolute Gasteiger partial charge is 0.458 e. The van der Waals surface area contributed by atoms with E-state index in [4.69, 9.17) is 11.2 Å². The molecule has 0 heterocycles. The minimum atomic E-state index is -0.240. The highest BCUT2D eigenvalue weighted by atomic mass is 16.5. The smallest absolute Gasteiger partial charge is 0.303 e. The number of ether oxygens (including phenoxy) is 1. The molecule has 0 spiro atoms. The number of esters is 1. The molecule has 2 nitrogen and oxygen atoms in total. The van der Waals surface area contributed by atoms with Crippen LogP contribution in [-0.4, -0.2) is 12.1 Å². The molecule has 0 N–H and O–H groups in total. The van der Waals surface area contributed by atoms with Crippen molar-refractivity contribution in [1.82, 2.24) is 0 Å². The lowest BCUT2D eigenvalue weighted by atomic mass is 9.72. The summed E-state index contributed by atoms with van der Waals surface area (Å²) >= 11 is 0. The first kappa shape index (κ1) is 11.8. The van der Waals surface area contributed by atoms with Crippen LogP contribution in [0.1, 0.15) is 40.5 Å². The molecule has 0 aromatic heterocycles. The van der Waals surface area contributed by atoms with Gasteiger partial charge in [0.05, 0.1) is 0 Å². The number of carbonyl (C=O) groups excluding carboxylic acids is 1. The molecule has 0 radical (unpaired) electrons. The summed E-state index contributed by atoms with van der Waals surface area (Å²) in [5.41, 5.74) is 2.05. The van der Waals surface area contributed by atoms with E-state index in [1.54, 1.807) is 0 Å². The van der Waals surface area contributed by atoms with Crippen molar-refractivity contribution in [3.63, 3.8) is 0 Å². The average molecular weight is 206 g/mol. The molecule has 0 fully saturated rings. The van der Waals surface area contributed by atoms with Crippen LogP contribution in [0.5, 0.6) is 0 Å². The Morgan fingerprint density at radius 3 is 2.67 bits per heavy atom. The Kier molecular flexibility index (Phi) is 3.24. The minimum absolute atomic E-state index is 0.0372. The van der Waals surface area contributed by atoms with Crippen molar-refractivity contribution in [2.45, 2.75) is 46.6 Å². The van der Waals surface area contributed by atoms with E-state index in [1.165, 1.54) is 6.92 Å². The van der Waals surface area contributed by atoms with E-state index in [0.29, 0.717) is 0 Å². The molecule has 0 unspecified atom stereocenters. The zero-order valence-electron chi connectivity index (χ0n) is 9.89. The van der Waals surface area contributed by atoms with Gasteiger partial charge in [-0.3, -0.25) is 4.79 Å². The minimum Gasteiger partial charge on any atom is -0.458 e. The number of hydrogen-bond acceptors (Lipinski definition) is 2. The van der Waals surface area contributed by atoms with Gasteiger partial charge < -0.3 is 4.74 Å². The molecule has 1 aliphatic rings. The molecule has 0 bridgehead atoms. The Hall–Kier alpha value is -1.23. The monoisotopic (exact) mass is 206 g/mol. The van der Waals surface area contributed by atoms with Crippen LogP contribution >= 0.6 is 0 Å². The van der Waals surface area contributed by atoms with Crippen molar-refractivity contribution < 1.29 is 9.53 Å². The number of carbonyl (C=O) groups is 1. The van der Waals surface area contributed by atoms with Gasteiger partial charge in [0.15, 0.2) is 0 Å². The molecule has 0 saturated heterocycles. The normalized spacial score (nSPS) is 24.6. The fourth-order valence-corrected chi connectivity index (χ4v) is 2.19. The molecule has 1 aliphatic carbocycles. The van der Waals surface area contributed by atoms with Crippen LogP contribution in [0, 0.1) is 17.8 Å². The van der Waals surface area contributed by atoms with Crippen LogP contribution in [0.2, 0.25) is 0 Å². The first-order valence-electron chi connectivity index (χ1n) is 5.23. The summed E-state index contributed by atoms with van der Waals surface area (Å²) in [6.07, 6.45) is 7.22. The van der Waals surface area contributed by atoms with Crippen molar-refractivity contribution in [2.24, 2.45) is 5.41 Å². The second-order valence-corrected chi connectivity index (χ2v) is 4.72. The van der Waals surface area contributed by atoms with E-state index >= 15 is 0 Å². The second kappa shape index (κ2) is 4.10. The highest BCUT2D eigenvalue weighted by Gasteiger charge is 2.33. The van der Waals surface area contributed by atoms with Gasteiger partial charge in [-0.2, -0.15) is 0 Å².